The first-order valence-corrected chi connectivity index (χ1v) is 7.39. The monoisotopic (exact) mass is 309 g/mol. The standard InChI is InChI=1S/C17H19N5O/c1-9-10(2)18-16(19-11(9)3)22-17-20-12(4)14-8-13(23-5)6-7-15(14)21-17/h6-8H,1-5H3,(H,18,19,20,21,22). The Bertz CT molecular complexity index is 869. The fraction of sp³-hybridized carbons (Fsp3) is 0.294. The Kier molecular flexibility index (Phi) is 3.82. The van der Waals surface area contributed by atoms with Gasteiger partial charge < -0.3 is 4.74 Å². The van der Waals surface area contributed by atoms with Crippen molar-refractivity contribution in [3.05, 3.63) is 40.8 Å². The van der Waals surface area contributed by atoms with Crippen LogP contribution in [-0.4, -0.2) is 27.0 Å². The number of fused-ring (bicyclic) bond motifs is 1. The maximum atomic E-state index is 5.25. The molecule has 2 aromatic heterocycles. The summed E-state index contributed by atoms with van der Waals surface area (Å²) in [6, 6.07) is 5.74. The molecular formula is C17H19N5O. The number of rotatable bonds is 3. The largest absolute Gasteiger partial charge is 0.497 e. The quantitative estimate of drug-likeness (QED) is 0.799. The molecule has 118 valence electrons. The molecule has 0 aliphatic carbocycles. The van der Waals surface area contributed by atoms with Gasteiger partial charge in [-0.15, -0.1) is 0 Å². The van der Waals surface area contributed by atoms with Crippen LogP contribution in [0.1, 0.15) is 22.6 Å². The molecule has 0 radical (unpaired) electrons. The van der Waals surface area contributed by atoms with E-state index in [9.17, 15) is 0 Å². The maximum Gasteiger partial charge on any atom is 0.230 e. The van der Waals surface area contributed by atoms with E-state index in [-0.39, 0.29) is 0 Å². The Balaban J connectivity index is 2.01. The molecule has 0 saturated heterocycles. The van der Waals surface area contributed by atoms with E-state index in [1.54, 1.807) is 7.11 Å². The number of anilines is 2. The first kappa shape index (κ1) is 15.1. The van der Waals surface area contributed by atoms with E-state index in [0.717, 1.165) is 39.3 Å². The summed E-state index contributed by atoms with van der Waals surface area (Å²) in [6.45, 7) is 7.89. The molecule has 0 atom stereocenters. The lowest BCUT2D eigenvalue weighted by molar-refractivity contribution is 0.415. The highest BCUT2D eigenvalue weighted by atomic mass is 16.5. The minimum absolute atomic E-state index is 0.489. The second-order valence-corrected chi connectivity index (χ2v) is 5.48. The van der Waals surface area contributed by atoms with Gasteiger partial charge in [0.25, 0.3) is 0 Å². The Labute approximate surface area is 135 Å². The van der Waals surface area contributed by atoms with Crippen LogP contribution < -0.4 is 10.1 Å². The highest BCUT2D eigenvalue weighted by Gasteiger charge is 2.09. The van der Waals surface area contributed by atoms with Gasteiger partial charge in [0, 0.05) is 16.8 Å². The van der Waals surface area contributed by atoms with Gasteiger partial charge in [-0.1, -0.05) is 0 Å². The smallest absolute Gasteiger partial charge is 0.230 e. The van der Waals surface area contributed by atoms with E-state index < -0.39 is 0 Å². The number of aromatic nitrogens is 4. The zero-order valence-corrected chi connectivity index (χ0v) is 13.9. The predicted octanol–water partition coefficient (Wildman–Crippen LogP) is 3.41. The molecule has 0 saturated carbocycles. The number of nitrogens with zero attached hydrogens (tertiary/aromatic N) is 4. The molecule has 1 N–H and O–H groups in total. The van der Waals surface area contributed by atoms with Crippen molar-refractivity contribution in [3.63, 3.8) is 0 Å². The van der Waals surface area contributed by atoms with Gasteiger partial charge in [-0.25, -0.2) is 19.9 Å². The Morgan fingerprint density at radius 1 is 0.826 bits per heavy atom. The summed E-state index contributed by atoms with van der Waals surface area (Å²) in [5.41, 5.74) is 4.71. The molecular weight excluding hydrogens is 290 g/mol. The number of nitrogens with one attached hydrogen (secondary N) is 1. The highest BCUT2D eigenvalue weighted by molar-refractivity contribution is 5.83. The second-order valence-electron chi connectivity index (χ2n) is 5.48. The number of hydrogen-bond acceptors (Lipinski definition) is 6. The predicted molar refractivity (Wildman–Crippen MR) is 90.4 cm³/mol. The summed E-state index contributed by atoms with van der Waals surface area (Å²) in [4.78, 5) is 17.9. The molecule has 6 nitrogen and oxygen atoms in total. The number of methoxy groups -OCH3 is 1. The van der Waals surface area contributed by atoms with Crippen LogP contribution in [0.3, 0.4) is 0 Å². The summed E-state index contributed by atoms with van der Waals surface area (Å²) in [7, 11) is 1.65. The van der Waals surface area contributed by atoms with Gasteiger partial charge in [-0.05, 0) is 51.5 Å². The van der Waals surface area contributed by atoms with Gasteiger partial charge in [0.1, 0.15) is 5.75 Å². The average molecular weight is 309 g/mol. The normalized spacial score (nSPS) is 10.8. The van der Waals surface area contributed by atoms with Gasteiger partial charge in [-0.2, -0.15) is 0 Å². The summed E-state index contributed by atoms with van der Waals surface area (Å²) < 4.78 is 5.25. The van der Waals surface area contributed by atoms with Crippen LogP contribution in [0.4, 0.5) is 11.9 Å². The van der Waals surface area contributed by atoms with E-state index in [4.69, 9.17) is 4.74 Å². The lowest BCUT2D eigenvalue weighted by Gasteiger charge is -2.10. The van der Waals surface area contributed by atoms with Crippen LogP contribution >= 0.6 is 0 Å². The maximum absolute atomic E-state index is 5.25. The lowest BCUT2D eigenvalue weighted by atomic mass is 10.2. The lowest BCUT2D eigenvalue weighted by Crippen LogP contribution is -2.06. The van der Waals surface area contributed by atoms with Crippen molar-refractivity contribution >= 4 is 22.8 Å². The molecule has 1 aromatic carbocycles. The van der Waals surface area contributed by atoms with Crippen LogP contribution in [0.15, 0.2) is 18.2 Å². The van der Waals surface area contributed by atoms with Crippen molar-refractivity contribution in [1.82, 2.24) is 19.9 Å². The zero-order valence-electron chi connectivity index (χ0n) is 13.9. The zero-order chi connectivity index (χ0) is 16.6. The third-order valence-electron chi connectivity index (χ3n) is 3.95. The van der Waals surface area contributed by atoms with Crippen LogP contribution in [0, 0.1) is 27.7 Å². The number of aryl methyl sites for hydroxylation is 3. The van der Waals surface area contributed by atoms with E-state index in [1.807, 2.05) is 45.9 Å². The van der Waals surface area contributed by atoms with Gasteiger partial charge in [0.15, 0.2) is 0 Å². The van der Waals surface area contributed by atoms with Gasteiger partial charge in [0.05, 0.1) is 18.3 Å². The Hall–Kier alpha value is -2.76. The molecule has 0 unspecified atom stereocenters. The summed E-state index contributed by atoms with van der Waals surface area (Å²) >= 11 is 0. The van der Waals surface area contributed by atoms with E-state index >= 15 is 0 Å². The highest BCUT2D eigenvalue weighted by Crippen LogP contribution is 2.23. The van der Waals surface area contributed by atoms with Crippen LogP contribution in [0.2, 0.25) is 0 Å². The third-order valence-corrected chi connectivity index (χ3v) is 3.95. The molecule has 3 rings (SSSR count). The van der Waals surface area contributed by atoms with Crippen molar-refractivity contribution in [2.24, 2.45) is 0 Å². The number of benzene rings is 1. The van der Waals surface area contributed by atoms with Crippen LogP contribution in [-0.2, 0) is 0 Å². The van der Waals surface area contributed by atoms with Gasteiger partial charge >= 0.3 is 0 Å². The summed E-state index contributed by atoms with van der Waals surface area (Å²) in [5.74, 6) is 1.79. The topological polar surface area (TPSA) is 72.8 Å². The molecule has 2 heterocycles. The molecule has 3 aromatic rings. The van der Waals surface area contributed by atoms with Crippen LogP contribution in [0.5, 0.6) is 5.75 Å². The van der Waals surface area contributed by atoms with Gasteiger partial charge in [-0.3, -0.25) is 5.32 Å². The molecule has 23 heavy (non-hydrogen) atoms. The summed E-state index contributed by atoms with van der Waals surface area (Å²) in [5, 5.41) is 4.06. The molecule has 0 bridgehead atoms. The number of ether oxygens (including phenoxy) is 1. The first-order valence-electron chi connectivity index (χ1n) is 7.39. The van der Waals surface area contributed by atoms with Crippen molar-refractivity contribution in [2.75, 3.05) is 12.4 Å². The first-order chi connectivity index (χ1) is 11.0. The minimum Gasteiger partial charge on any atom is -0.497 e. The van der Waals surface area contributed by atoms with Crippen molar-refractivity contribution in [3.8, 4) is 5.75 Å². The van der Waals surface area contributed by atoms with E-state index in [1.165, 1.54) is 0 Å². The molecule has 0 spiro atoms. The number of hydrogen-bond donors (Lipinski definition) is 1. The molecule has 0 aliphatic rings. The van der Waals surface area contributed by atoms with Crippen molar-refractivity contribution in [1.29, 1.82) is 0 Å². The molecule has 0 amide bonds. The fourth-order valence-corrected chi connectivity index (χ4v) is 2.37. The SMILES string of the molecule is COc1ccc2nc(Nc3nc(C)c(C)c(C)n3)nc(C)c2c1. The Morgan fingerprint density at radius 3 is 2.09 bits per heavy atom. The summed E-state index contributed by atoms with van der Waals surface area (Å²) in [6.07, 6.45) is 0. The van der Waals surface area contributed by atoms with E-state index in [2.05, 4.69) is 25.3 Å². The van der Waals surface area contributed by atoms with E-state index in [0.29, 0.717) is 11.9 Å². The average Bonchev–Trinajstić information content (AvgIpc) is 2.52. The minimum atomic E-state index is 0.489. The van der Waals surface area contributed by atoms with Crippen molar-refractivity contribution in [2.45, 2.75) is 27.7 Å². The fourth-order valence-electron chi connectivity index (χ4n) is 2.37. The second kappa shape index (κ2) is 5.79. The van der Waals surface area contributed by atoms with Gasteiger partial charge in [0.2, 0.25) is 11.9 Å². The third kappa shape index (κ3) is 2.92. The van der Waals surface area contributed by atoms with Crippen molar-refractivity contribution < 1.29 is 4.74 Å². The van der Waals surface area contributed by atoms with Crippen LogP contribution in [0.25, 0.3) is 10.9 Å². The Morgan fingerprint density at radius 2 is 1.43 bits per heavy atom. The molecule has 0 fully saturated rings. The molecule has 0 aliphatic heterocycles. The molecule has 6 heteroatoms.